The van der Waals surface area contributed by atoms with Gasteiger partial charge in [0.2, 0.25) is 0 Å². The number of fused-ring (bicyclic) bond motifs is 2. The minimum absolute atomic E-state index is 0.314. The Balaban J connectivity index is 1.71. The lowest BCUT2D eigenvalue weighted by atomic mass is 9.55. The van der Waals surface area contributed by atoms with Crippen molar-refractivity contribution in [3.63, 3.8) is 0 Å². The van der Waals surface area contributed by atoms with E-state index in [1.807, 2.05) is 0 Å². The van der Waals surface area contributed by atoms with Gasteiger partial charge in [0.15, 0.2) is 0 Å². The lowest BCUT2D eigenvalue weighted by molar-refractivity contribution is 0.000850. The van der Waals surface area contributed by atoms with Crippen molar-refractivity contribution >= 4 is 0 Å². The molecule has 2 heteroatoms. The molecule has 106 valence electrons. The van der Waals surface area contributed by atoms with Crippen molar-refractivity contribution in [1.29, 1.82) is 5.26 Å². The van der Waals surface area contributed by atoms with E-state index in [1.54, 1.807) is 0 Å². The average Bonchev–Trinajstić information content (AvgIpc) is 2.72. The number of rotatable bonds is 2. The van der Waals surface area contributed by atoms with Gasteiger partial charge in [0.1, 0.15) is 0 Å². The van der Waals surface area contributed by atoms with Crippen molar-refractivity contribution in [3.8, 4) is 6.07 Å². The summed E-state index contributed by atoms with van der Waals surface area (Å²) in [6.45, 7) is 2.76. The van der Waals surface area contributed by atoms with Crippen LogP contribution >= 0.6 is 0 Å². The number of hydrogen-bond donors (Lipinski definition) is 1. The third-order valence-electron chi connectivity index (χ3n) is 6.76. The Labute approximate surface area is 117 Å². The summed E-state index contributed by atoms with van der Waals surface area (Å²) in [5, 5.41) is 18.5. The molecule has 0 aromatic rings. The topological polar surface area (TPSA) is 44.0 Å². The van der Waals surface area contributed by atoms with Crippen LogP contribution in [0.1, 0.15) is 58.3 Å². The maximum absolute atomic E-state index is 9.40. The van der Waals surface area contributed by atoms with E-state index in [0.29, 0.717) is 17.9 Å². The van der Waals surface area contributed by atoms with E-state index < -0.39 is 0 Å². The molecule has 0 radical (unpaired) electrons. The van der Waals surface area contributed by atoms with Gasteiger partial charge in [0.25, 0.3) is 0 Å². The molecule has 3 saturated carbocycles. The zero-order valence-electron chi connectivity index (χ0n) is 12.1. The van der Waals surface area contributed by atoms with Crippen molar-refractivity contribution in [2.75, 3.05) is 6.61 Å². The monoisotopic (exact) mass is 261 g/mol. The number of nitrogens with zero attached hydrogens (tertiary/aromatic N) is 1. The Bertz CT molecular complexity index is 374. The maximum Gasteiger partial charge on any atom is 0.0661 e. The number of nitriles is 1. The molecule has 1 N–H and O–H groups in total. The predicted molar refractivity (Wildman–Crippen MR) is 75.2 cm³/mol. The van der Waals surface area contributed by atoms with Crippen molar-refractivity contribution in [2.45, 2.75) is 58.3 Å². The summed E-state index contributed by atoms with van der Waals surface area (Å²) in [5.41, 5.74) is 0.319. The standard InChI is InChI=1S/C17H27NO/c1-17-10-13-3-2-12(6-7-19)8-14(13)9-15(17)4-5-16(17)11-18/h12-16,19H,2-10H2,1H3/t12-,13+,14+,15-,16+,17-/m0/s1. The fraction of sp³-hybridized carbons (Fsp3) is 0.941. The van der Waals surface area contributed by atoms with Gasteiger partial charge in [0, 0.05) is 6.61 Å². The molecular formula is C17H27NO. The Hall–Kier alpha value is -0.550. The van der Waals surface area contributed by atoms with Crippen molar-refractivity contribution in [3.05, 3.63) is 0 Å². The summed E-state index contributed by atoms with van der Waals surface area (Å²) in [7, 11) is 0. The Morgan fingerprint density at radius 2 is 2.00 bits per heavy atom. The molecular weight excluding hydrogens is 234 g/mol. The van der Waals surface area contributed by atoms with Crippen LogP contribution in [0, 0.1) is 46.3 Å². The predicted octanol–water partition coefficient (Wildman–Crippen LogP) is 3.75. The summed E-state index contributed by atoms with van der Waals surface area (Å²) in [5.74, 6) is 3.63. The highest BCUT2D eigenvalue weighted by Gasteiger charge is 2.53. The smallest absolute Gasteiger partial charge is 0.0661 e. The van der Waals surface area contributed by atoms with Crippen LogP contribution in [0.25, 0.3) is 0 Å². The molecule has 0 amide bonds. The molecule has 0 heterocycles. The van der Waals surface area contributed by atoms with Crippen molar-refractivity contribution in [2.24, 2.45) is 35.0 Å². The maximum atomic E-state index is 9.40. The molecule has 2 nitrogen and oxygen atoms in total. The molecule has 19 heavy (non-hydrogen) atoms. The summed E-state index contributed by atoms with van der Waals surface area (Å²) in [4.78, 5) is 0. The minimum Gasteiger partial charge on any atom is -0.396 e. The molecule has 0 bridgehead atoms. The van der Waals surface area contributed by atoms with Gasteiger partial charge in [-0.1, -0.05) is 13.3 Å². The van der Waals surface area contributed by atoms with Crippen LogP contribution in [-0.4, -0.2) is 11.7 Å². The molecule has 0 aromatic carbocycles. The van der Waals surface area contributed by atoms with Gasteiger partial charge in [-0.3, -0.25) is 0 Å². The molecule has 3 fully saturated rings. The first-order chi connectivity index (χ1) is 9.17. The van der Waals surface area contributed by atoms with E-state index in [9.17, 15) is 5.26 Å². The molecule has 0 aromatic heterocycles. The van der Waals surface area contributed by atoms with E-state index in [4.69, 9.17) is 5.11 Å². The Morgan fingerprint density at radius 1 is 1.16 bits per heavy atom. The molecule has 0 spiro atoms. The van der Waals surface area contributed by atoms with E-state index in [2.05, 4.69) is 13.0 Å². The van der Waals surface area contributed by atoms with Crippen LogP contribution in [0.4, 0.5) is 0 Å². The molecule has 3 aliphatic rings. The Kier molecular flexibility index (Phi) is 3.60. The Morgan fingerprint density at radius 3 is 2.74 bits per heavy atom. The first-order valence-corrected chi connectivity index (χ1v) is 8.18. The van der Waals surface area contributed by atoms with Crippen LogP contribution in [0.5, 0.6) is 0 Å². The van der Waals surface area contributed by atoms with Crippen molar-refractivity contribution < 1.29 is 5.11 Å². The fourth-order valence-electron chi connectivity index (χ4n) is 5.58. The summed E-state index contributed by atoms with van der Waals surface area (Å²) in [6, 6.07) is 2.60. The lowest BCUT2D eigenvalue weighted by Crippen LogP contribution is -2.42. The lowest BCUT2D eigenvalue weighted by Gasteiger charge is -2.49. The molecule has 0 saturated heterocycles. The zero-order valence-corrected chi connectivity index (χ0v) is 12.1. The second kappa shape index (κ2) is 5.09. The normalized spacial score (nSPS) is 49.2. The highest BCUT2D eigenvalue weighted by atomic mass is 16.3. The van der Waals surface area contributed by atoms with E-state index in [0.717, 1.165) is 36.5 Å². The fourth-order valence-corrected chi connectivity index (χ4v) is 5.58. The van der Waals surface area contributed by atoms with Crippen molar-refractivity contribution in [1.82, 2.24) is 0 Å². The van der Waals surface area contributed by atoms with Gasteiger partial charge in [-0.25, -0.2) is 0 Å². The van der Waals surface area contributed by atoms with Gasteiger partial charge in [-0.05, 0) is 74.0 Å². The number of hydrogen-bond acceptors (Lipinski definition) is 2. The molecule has 0 unspecified atom stereocenters. The van der Waals surface area contributed by atoms with E-state index in [1.165, 1.54) is 38.5 Å². The third-order valence-corrected chi connectivity index (χ3v) is 6.76. The first-order valence-electron chi connectivity index (χ1n) is 8.18. The van der Waals surface area contributed by atoms with Gasteiger partial charge >= 0.3 is 0 Å². The molecule has 3 rings (SSSR count). The molecule has 3 aliphatic carbocycles. The van der Waals surface area contributed by atoms with Crippen LogP contribution in [-0.2, 0) is 0 Å². The minimum atomic E-state index is 0.314. The van der Waals surface area contributed by atoms with Crippen LogP contribution in [0.15, 0.2) is 0 Å². The summed E-state index contributed by atoms with van der Waals surface area (Å²) >= 11 is 0. The largest absolute Gasteiger partial charge is 0.396 e. The van der Waals surface area contributed by atoms with Gasteiger partial charge in [-0.15, -0.1) is 0 Å². The zero-order chi connectivity index (χ0) is 13.5. The van der Waals surface area contributed by atoms with Crippen LogP contribution in [0.2, 0.25) is 0 Å². The van der Waals surface area contributed by atoms with Crippen LogP contribution in [0.3, 0.4) is 0 Å². The number of aliphatic hydroxyl groups excluding tert-OH is 1. The molecule has 0 aliphatic heterocycles. The average molecular weight is 261 g/mol. The second-order valence-corrected chi connectivity index (χ2v) is 7.61. The summed E-state index contributed by atoms with van der Waals surface area (Å²) < 4.78 is 0. The summed E-state index contributed by atoms with van der Waals surface area (Å²) in [6.07, 6.45) is 10.1. The second-order valence-electron chi connectivity index (χ2n) is 7.61. The first kappa shape index (κ1) is 13.4. The van der Waals surface area contributed by atoms with Gasteiger partial charge in [0.05, 0.1) is 12.0 Å². The highest BCUT2D eigenvalue weighted by molar-refractivity contribution is 5.08. The third kappa shape index (κ3) is 2.21. The highest BCUT2D eigenvalue weighted by Crippen LogP contribution is 2.60. The van der Waals surface area contributed by atoms with E-state index in [-0.39, 0.29) is 0 Å². The molecule has 6 atom stereocenters. The number of aliphatic hydroxyl groups is 1. The van der Waals surface area contributed by atoms with Gasteiger partial charge in [-0.2, -0.15) is 5.26 Å². The van der Waals surface area contributed by atoms with Gasteiger partial charge < -0.3 is 5.11 Å². The van der Waals surface area contributed by atoms with Crippen LogP contribution < -0.4 is 0 Å². The SMILES string of the molecule is C[C@]12C[C@H]3CC[C@@H](CCO)C[C@@H]3C[C@@H]1CC[C@@H]2C#N. The van der Waals surface area contributed by atoms with E-state index >= 15 is 0 Å². The quantitative estimate of drug-likeness (QED) is 0.822.